The fraction of sp³-hybridized carbons (Fsp3) is 0.533. The lowest BCUT2D eigenvalue weighted by atomic mass is 10.0. The van der Waals surface area contributed by atoms with Gasteiger partial charge in [0.1, 0.15) is 0 Å². The van der Waals surface area contributed by atoms with Gasteiger partial charge in [-0.05, 0) is 31.7 Å². The lowest BCUT2D eigenvalue weighted by molar-refractivity contribution is -0.133. The third-order valence-corrected chi connectivity index (χ3v) is 3.73. The van der Waals surface area contributed by atoms with Crippen molar-refractivity contribution in [2.45, 2.75) is 44.4 Å². The second-order valence-corrected chi connectivity index (χ2v) is 5.28. The van der Waals surface area contributed by atoms with Crippen LogP contribution in [-0.2, 0) is 4.79 Å². The van der Waals surface area contributed by atoms with E-state index in [1.165, 1.54) is 0 Å². The summed E-state index contributed by atoms with van der Waals surface area (Å²) in [5.41, 5.74) is 6.57. The van der Waals surface area contributed by atoms with Gasteiger partial charge in [-0.3, -0.25) is 4.79 Å². The topological polar surface area (TPSA) is 66.6 Å². The number of aliphatic hydroxyl groups excluding tert-OH is 1. The van der Waals surface area contributed by atoms with E-state index in [4.69, 9.17) is 5.73 Å². The van der Waals surface area contributed by atoms with Crippen molar-refractivity contribution in [3.05, 3.63) is 35.9 Å². The molecule has 4 heteroatoms. The van der Waals surface area contributed by atoms with Crippen LogP contribution in [0.1, 0.15) is 37.9 Å². The van der Waals surface area contributed by atoms with Crippen LogP contribution < -0.4 is 5.73 Å². The molecule has 2 rings (SSSR count). The summed E-state index contributed by atoms with van der Waals surface area (Å²) in [7, 11) is 0. The first kappa shape index (κ1) is 14.0. The van der Waals surface area contributed by atoms with Crippen molar-refractivity contribution in [3.8, 4) is 0 Å². The predicted octanol–water partition coefficient (Wildman–Crippen LogP) is 1.45. The first-order valence-electron chi connectivity index (χ1n) is 6.88. The quantitative estimate of drug-likeness (QED) is 0.863. The van der Waals surface area contributed by atoms with Crippen molar-refractivity contribution in [1.82, 2.24) is 4.90 Å². The van der Waals surface area contributed by atoms with Gasteiger partial charge in [-0.1, -0.05) is 30.3 Å². The number of nitrogens with zero attached hydrogens (tertiary/aromatic N) is 1. The maximum Gasteiger partial charge on any atom is 0.239 e. The molecule has 0 aliphatic carbocycles. The van der Waals surface area contributed by atoms with Gasteiger partial charge in [0.2, 0.25) is 5.91 Å². The fourth-order valence-electron chi connectivity index (χ4n) is 2.70. The highest BCUT2D eigenvalue weighted by Gasteiger charge is 2.31. The molecule has 1 fully saturated rings. The number of aliphatic hydroxyl groups is 1. The molecule has 19 heavy (non-hydrogen) atoms. The standard InChI is InChI=1S/C15H22N2O2/c1-11(16)15(19)17-9-5-8-13(17)10-14(18)12-6-3-2-4-7-12/h2-4,6-7,11,13-14,18H,5,8-10,16H2,1H3/t11-,13-,14-/m0/s1. The number of hydrogen-bond donors (Lipinski definition) is 2. The van der Waals surface area contributed by atoms with Crippen LogP contribution in [0.5, 0.6) is 0 Å². The molecule has 0 aromatic heterocycles. The van der Waals surface area contributed by atoms with Gasteiger partial charge in [0.05, 0.1) is 12.1 Å². The minimum atomic E-state index is -0.521. The van der Waals surface area contributed by atoms with Gasteiger partial charge >= 0.3 is 0 Å². The van der Waals surface area contributed by atoms with Crippen molar-refractivity contribution in [2.75, 3.05) is 6.54 Å². The number of amides is 1. The third kappa shape index (κ3) is 3.33. The second-order valence-electron chi connectivity index (χ2n) is 5.28. The first-order chi connectivity index (χ1) is 9.09. The zero-order valence-corrected chi connectivity index (χ0v) is 11.3. The maximum atomic E-state index is 12.0. The van der Waals surface area contributed by atoms with Crippen molar-refractivity contribution < 1.29 is 9.90 Å². The van der Waals surface area contributed by atoms with Gasteiger partial charge in [0.15, 0.2) is 0 Å². The highest BCUT2D eigenvalue weighted by atomic mass is 16.3. The van der Waals surface area contributed by atoms with Crippen molar-refractivity contribution >= 4 is 5.91 Å². The second kappa shape index (κ2) is 6.17. The molecule has 1 aromatic rings. The van der Waals surface area contributed by atoms with Crippen molar-refractivity contribution in [2.24, 2.45) is 5.73 Å². The average Bonchev–Trinajstić information content (AvgIpc) is 2.86. The minimum absolute atomic E-state index is 0.0113. The van der Waals surface area contributed by atoms with Gasteiger partial charge in [0, 0.05) is 12.6 Å². The molecule has 1 saturated heterocycles. The number of rotatable bonds is 4. The molecule has 1 aliphatic heterocycles. The smallest absolute Gasteiger partial charge is 0.239 e. The van der Waals surface area contributed by atoms with Crippen molar-refractivity contribution in [3.63, 3.8) is 0 Å². The molecular weight excluding hydrogens is 240 g/mol. The lowest BCUT2D eigenvalue weighted by Gasteiger charge is -2.28. The van der Waals surface area contributed by atoms with E-state index >= 15 is 0 Å². The number of likely N-dealkylation sites (tertiary alicyclic amines) is 1. The summed E-state index contributed by atoms with van der Waals surface area (Å²) in [5.74, 6) is -0.0113. The Morgan fingerprint density at radius 3 is 2.79 bits per heavy atom. The number of carbonyl (C=O) groups is 1. The summed E-state index contributed by atoms with van der Waals surface area (Å²) < 4.78 is 0. The van der Waals surface area contributed by atoms with E-state index in [1.54, 1.807) is 6.92 Å². The molecule has 104 valence electrons. The summed E-state index contributed by atoms with van der Waals surface area (Å²) in [6.45, 7) is 2.47. The summed E-state index contributed by atoms with van der Waals surface area (Å²) in [4.78, 5) is 13.8. The molecule has 4 nitrogen and oxygen atoms in total. The van der Waals surface area contributed by atoms with Crippen LogP contribution >= 0.6 is 0 Å². The summed E-state index contributed by atoms with van der Waals surface area (Å²) in [6, 6.07) is 9.23. The normalized spacial score (nSPS) is 22.3. The number of hydrogen-bond acceptors (Lipinski definition) is 3. The Morgan fingerprint density at radius 1 is 1.47 bits per heavy atom. The zero-order chi connectivity index (χ0) is 13.8. The van der Waals surface area contributed by atoms with Crippen LogP contribution in [0.2, 0.25) is 0 Å². The van der Waals surface area contributed by atoms with Gasteiger partial charge in [-0.15, -0.1) is 0 Å². The molecular formula is C15H22N2O2. The molecule has 3 atom stereocenters. The molecule has 0 saturated carbocycles. The number of benzene rings is 1. The van der Waals surface area contributed by atoms with Gasteiger partial charge in [-0.2, -0.15) is 0 Å². The molecule has 0 spiro atoms. The fourth-order valence-corrected chi connectivity index (χ4v) is 2.70. The molecule has 1 amide bonds. The Morgan fingerprint density at radius 2 is 2.16 bits per heavy atom. The summed E-state index contributed by atoms with van der Waals surface area (Å²) in [5, 5.41) is 10.2. The molecule has 3 N–H and O–H groups in total. The van der Waals surface area contributed by atoms with E-state index < -0.39 is 12.1 Å². The van der Waals surface area contributed by atoms with Crippen molar-refractivity contribution in [1.29, 1.82) is 0 Å². The zero-order valence-electron chi connectivity index (χ0n) is 11.3. The molecule has 1 aliphatic rings. The van der Waals surface area contributed by atoms with Crippen LogP contribution in [-0.4, -0.2) is 34.5 Å². The summed E-state index contributed by atoms with van der Waals surface area (Å²) >= 11 is 0. The van der Waals surface area contributed by atoms with Gasteiger partial charge < -0.3 is 15.7 Å². The van der Waals surface area contributed by atoms with E-state index in [-0.39, 0.29) is 11.9 Å². The van der Waals surface area contributed by atoms with Crippen LogP contribution in [0.3, 0.4) is 0 Å². The van der Waals surface area contributed by atoms with Gasteiger partial charge in [-0.25, -0.2) is 0 Å². The molecule has 1 heterocycles. The van der Waals surface area contributed by atoms with E-state index in [1.807, 2.05) is 35.2 Å². The van der Waals surface area contributed by atoms with E-state index in [0.717, 1.165) is 24.9 Å². The Kier molecular flexibility index (Phi) is 4.56. The van der Waals surface area contributed by atoms with E-state index in [0.29, 0.717) is 6.42 Å². The highest BCUT2D eigenvalue weighted by Crippen LogP contribution is 2.27. The molecule has 1 aromatic carbocycles. The van der Waals surface area contributed by atoms with E-state index in [2.05, 4.69) is 0 Å². The Labute approximate surface area is 114 Å². The first-order valence-corrected chi connectivity index (χ1v) is 6.88. The lowest BCUT2D eigenvalue weighted by Crippen LogP contribution is -2.44. The highest BCUT2D eigenvalue weighted by molar-refractivity contribution is 5.81. The predicted molar refractivity (Wildman–Crippen MR) is 74.4 cm³/mol. The van der Waals surface area contributed by atoms with Crippen LogP contribution in [0.4, 0.5) is 0 Å². The van der Waals surface area contributed by atoms with Gasteiger partial charge in [0.25, 0.3) is 0 Å². The maximum absolute atomic E-state index is 12.0. The minimum Gasteiger partial charge on any atom is -0.388 e. The molecule has 0 radical (unpaired) electrons. The van der Waals surface area contributed by atoms with Crippen LogP contribution in [0.15, 0.2) is 30.3 Å². The monoisotopic (exact) mass is 262 g/mol. The summed E-state index contributed by atoms with van der Waals surface area (Å²) in [6.07, 6.45) is 2.00. The van der Waals surface area contributed by atoms with Crippen LogP contribution in [0, 0.1) is 0 Å². The Bertz CT molecular complexity index is 419. The SMILES string of the molecule is C[C@H](N)C(=O)N1CCC[C@H]1C[C@H](O)c1ccccc1. The third-order valence-electron chi connectivity index (χ3n) is 3.73. The molecule has 0 unspecified atom stereocenters. The Hall–Kier alpha value is -1.39. The number of nitrogens with two attached hydrogens (primary N) is 1. The largest absolute Gasteiger partial charge is 0.388 e. The Balaban J connectivity index is 2.00. The van der Waals surface area contributed by atoms with E-state index in [9.17, 15) is 9.90 Å². The molecule has 0 bridgehead atoms. The van der Waals surface area contributed by atoms with Crippen LogP contribution in [0.25, 0.3) is 0 Å². The number of carbonyl (C=O) groups excluding carboxylic acids is 1. The average molecular weight is 262 g/mol.